The third-order valence-corrected chi connectivity index (χ3v) is 3.88. The molecule has 1 N–H and O–H groups in total. The van der Waals surface area contributed by atoms with Crippen molar-refractivity contribution in [3.63, 3.8) is 0 Å². The lowest BCUT2D eigenvalue weighted by Crippen LogP contribution is -2.33. The van der Waals surface area contributed by atoms with E-state index in [0.29, 0.717) is 11.8 Å². The zero-order valence-electron chi connectivity index (χ0n) is 13.7. The second kappa shape index (κ2) is 7.59. The molecule has 1 saturated carbocycles. The lowest BCUT2D eigenvalue weighted by Gasteiger charge is -2.23. The molecule has 0 aliphatic heterocycles. The van der Waals surface area contributed by atoms with Gasteiger partial charge in [-0.1, -0.05) is 12.8 Å². The van der Waals surface area contributed by atoms with Gasteiger partial charge in [0.15, 0.2) is 0 Å². The van der Waals surface area contributed by atoms with E-state index in [1.54, 1.807) is 0 Å². The van der Waals surface area contributed by atoms with Gasteiger partial charge in [0.1, 0.15) is 0 Å². The average Bonchev–Trinajstić information content (AvgIpc) is 2.90. The first-order chi connectivity index (χ1) is 10.0. The number of hydrogen-bond donors (Lipinski definition) is 1. The maximum absolute atomic E-state index is 5.64. The van der Waals surface area contributed by atoms with Crippen molar-refractivity contribution in [2.45, 2.75) is 58.6 Å². The zero-order chi connectivity index (χ0) is 15.2. The van der Waals surface area contributed by atoms with E-state index in [-0.39, 0.29) is 6.10 Å². The van der Waals surface area contributed by atoms with Crippen molar-refractivity contribution in [2.75, 3.05) is 25.5 Å². The third kappa shape index (κ3) is 5.16. The molecule has 2 rings (SSSR count). The highest BCUT2D eigenvalue weighted by Crippen LogP contribution is 2.22. The van der Waals surface area contributed by atoms with Crippen molar-refractivity contribution in [1.82, 2.24) is 14.9 Å². The van der Waals surface area contributed by atoms with E-state index in [9.17, 15) is 0 Å². The molecule has 118 valence electrons. The van der Waals surface area contributed by atoms with Gasteiger partial charge in [0.05, 0.1) is 6.10 Å². The highest BCUT2D eigenvalue weighted by molar-refractivity contribution is 5.30. The van der Waals surface area contributed by atoms with E-state index in [2.05, 4.69) is 27.2 Å². The summed E-state index contributed by atoms with van der Waals surface area (Å²) >= 11 is 0. The van der Waals surface area contributed by atoms with Gasteiger partial charge in [-0.15, -0.1) is 0 Å². The van der Waals surface area contributed by atoms with Crippen LogP contribution >= 0.6 is 0 Å². The van der Waals surface area contributed by atoms with Gasteiger partial charge in [0, 0.05) is 30.9 Å². The molecule has 21 heavy (non-hydrogen) atoms. The normalized spacial score (nSPS) is 15.9. The van der Waals surface area contributed by atoms with E-state index in [4.69, 9.17) is 4.74 Å². The van der Waals surface area contributed by atoms with Gasteiger partial charge in [-0.2, -0.15) is 4.98 Å². The van der Waals surface area contributed by atoms with Crippen molar-refractivity contribution >= 4 is 5.95 Å². The number of likely N-dealkylation sites (N-methyl/N-ethyl adjacent to an activating group) is 1. The fraction of sp³-hybridized carbons (Fsp3) is 0.750. The van der Waals surface area contributed by atoms with E-state index < -0.39 is 0 Å². The van der Waals surface area contributed by atoms with Crippen LogP contribution in [0.3, 0.4) is 0 Å². The quantitative estimate of drug-likeness (QED) is 0.837. The SMILES string of the molecule is Cc1cc(OC(C)C)nc(NCCN(C)C2CCCC2)n1. The van der Waals surface area contributed by atoms with Gasteiger partial charge >= 0.3 is 0 Å². The average molecular weight is 292 g/mol. The molecule has 0 aromatic carbocycles. The van der Waals surface area contributed by atoms with Gasteiger partial charge in [0.2, 0.25) is 11.8 Å². The van der Waals surface area contributed by atoms with E-state index in [0.717, 1.165) is 24.8 Å². The summed E-state index contributed by atoms with van der Waals surface area (Å²) in [6.45, 7) is 7.84. The van der Waals surface area contributed by atoms with Crippen LogP contribution in [0.2, 0.25) is 0 Å². The molecule has 1 fully saturated rings. The molecule has 1 aliphatic rings. The lowest BCUT2D eigenvalue weighted by molar-refractivity contribution is 0.232. The molecule has 0 spiro atoms. The van der Waals surface area contributed by atoms with Crippen LogP contribution in [-0.4, -0.2) is 47.2 Å². The summed E-state index contributed by atoms with van der Waals surface area (Å²) < 4.78 is 5.64. The summed E-state index contributed by atoms with van der Waals surface area (Å²) in [5.74, 6) is 1.30. The van der Waals surface area contributed by atoms with Gasteiger partial charge in [-0.05, 0) is 40.7 Å². The predicted octanol–water partition coefficient (Wildman–Crippen LogP) is 2.86. The fourth-order valence-corrected chi connectivity index (χ4v) is 2.79. The molecule has 0 saturated heterocycles. The Labute approximate surface area is 128 Å². The standard InChI is InChI=1S/C16H28N4O/c1-12(2)21-15-11-13(3)18-16(19-15)17-9-10-20(4)14-7-5-6-8-14/h11-12,14H,5-10H2,1-4H3,(H,17,18,19). The van der Waals surface area contributed by atoms with Crippen molar-refractivity contribution in [3.05, 3.63) is 11.8 Å². The summed E-state index contributed by atoms with van der Waals surface area (Å²) in [5.41, 5.74) is 0.923. The maximum atomic E-state index is 5.64. The van der Waals surface area contributed by atoms with Crippen LogP contribution in [-0.2, 0) is 0 Å². The van der Waals surface area contributed by atoms with Crippen molar-refractivity contribution in [2.24, 2.45) is 0 Å². The summed E-state index contributed by atoms with van der Waals surface area (Å²) in [5, 5.41) is 3.31. The summed E-state index contributed by atoms with van der Waals surface area (Å²) in [6.07, 6.45) is 5.55. The number of anilines is 1. The van der Waals surface area contributed by atoms with E-state index >= 15 is 0 Å². The Morgan fingerprint density at radius 2 is 2.05 bits per heavy atom. The van der Waals surface area contributed by atoms with Crippen LogP contribution in [0.25, 0.3) is 0 Å². The van der Waals surface area contributed by atoms with Crippen molar-refractivity contribution < 1.29 is 4.74 Å². The molecule has 0 unspecified atom stereocenters. The van der Waals surface area contributed by atoms with Crippen LogP contribution in [0.15, 0.2) is 6.07 Å². The maximum Gasteiger partial charge on any atom is 0.226 e. The molecule has 1 heterocycles. The molecule has 1 aromatic heterocycles. The van der Waals surface area contributed by atoms with Gasteiger partial charge in [-0.3, -0.25) is 0 Å². The van der Waals surface area contributed by atoms with Gasteiger partial charge in [-0.25, -0.2) is 4.98 Å². The monoisotopic (exact) mass is 292 g/mol. The Bertz CT molecular complexity index is 444. The van der Waals surface area contributed by atoms with E-state index in [1.165, 1.54) is 25.7 Å². The topological polar surface area (TPSA) is 50.3 Å². The number of aryl methyl sites for hydroxylation is 1. The summed E-state index contributed by atoms with van der Waals surface area (Å²) in [6, 6.07) is 2.63. The van der Waals surface area contributed by atoms with Crippen LogP contribution in [0.4, 0.5) is 5.95 Å². The lowest BCUT2D eigenvalue weighted by atomic mass is 10.2. The van der Waals surface area contributed by atoms with Crippen LogP contribution in [0.1, 0.15) is 45.2 Å². The van der Waals surface area contributed by atoms with Crippen LogP contribution in [0, 0.1) is 6.92 Å². The largest absolute Gasteiger partial charge is 0.475 e. The minimum absolute atomic E-state index is 0.126. The zero-order valence-corrected chi connectivity index (χ0v) is 13.7. The minimum Gasteiger partial charge on any atom is -0.475 e. The second-order valence-corrected chi connectivity index (χ2v) is 6.18. The molecule has 0 bridgehead atoms. The molecule has 0 atom stereocenters. The number of nitrogens with one attached hydrogen (secondary N) is 1. The van der Waals surface area contributed by atoms with Crippen LogP contribution in [0.5, 0.6) is 5.88 Å². The van der Waals surface area contributed by atoms with Crippen molar-refractivity contribution in [1.29, 1.82) is 0 Å². The molecule has 0 amide bonds. The first-order valence-corrected chi connectivity index (χ1v) is 8.01. The van der Waals surface area contributed by atoms with E-state index in [1.807, 2.05) is 26.8 Å². The number of nitrogens with zero attached hydrogens (tertiary/aromatic N) is 3. The van der Waals surface area contributed by atoms with Crippen LogP contribution < -0.4 is 10.1 Å². The Morgan fingerprint density at radius 1 is 1.33 bits per heavy atom. The smallest absolute Gasteiger partial charge is 0.226 e. The highest BCUT2D eigenvalue weighted by Gasteiger charge is 2.18. The number of rotatable bonds is 7. The predicted molar refractivity (Wildman–Crippen MR) is 85.9 cm³/mol. The van der Waals surface area contributed by atoms with Gasteiger partial charge in [0.25, 0.3) is 0 Å². The first kappa shape index (κ1) is 16.0. The molecule has 1 aromatic rings. The highest BCUT2D eigenvalue weighted by atomic mass is 16.5. The Morgan fingerprint density at radius 3 is 2.71 bits per heavy atom. The van der Waals surface area contributed by atoms with Gasteiger partial charge < -0.3 is 15.0 Å². The Balaban J connectivity index is 1.83. The number of hydrogen-bond acceptors (Lipinski definition) is 5. The van der Waals surface area contributed by atoms with Crippen molar-refractivity contribution in [3.8, 4) is 5.88 Å². The Hall–Kier alpha value is -1.36. The first-order valence-electron chi connectivity index (χ1n) is 8.01. The molecular formula is C16H28N4O. The minimum atomic E-state index is 0.126. The molecule has 1 aliphatic carbocycles. The fourth-order valence-electron chi connectivity index (χ4n) is 2.79. The Kier molecular flexibility index (Phi) is 5.79. The number of ether oxygens (including phenoxy) is 1. The summed E-state index contributed by atoms with van der Waals surface area (Å²) in [4.78, 5) is 11.3. The molecule has 0 radical (unpaired) electrons. The molecule has 5 nitrogen and oxygen atoms in total. The number of aromatic nitrogens is 2. The second-order valence-electron chi connectivity index (χ2n) is 6.18. The third-order valence-electron chi connectivity index (χ3n) is 3.88. The summed E-state index contributed by atoms with van der Waals surface area (Å²) in [7, 11) is 2.21. The molecular weight excluding hydrogens is 264 g/mol. The molecule has 5 heteroatoms.